The Hall–Kier alpha value is -6.10. The minimum absolute atomic E-state index is 0.0148. The highest BCUT2D eigenvalue weighted by Gasteiger charge is 2.45. The molecule has 1 aromatic carbocycles. The van der Waals surface area contributed by atoms with E-state index in [1.54, 1.807) is 48.9 Å². The van der Waals surface area contributed by atoms with Gasteiger partial charge in [0.25, 0.3) is 17.7 Å². The van der Waals surface area contributed by atoms with E-state index in [0.29, 0.717) is 94.1 Å². The second kappa shape index (κ2) is 28.9. The quantitative estimate of drug-likeness (QED) is 0.0507. The maximum Gasteiger partial charge on any atom is 0.263 e. The van der Waals surface area contributed by atoms with Crippen LogP contribution in [0.15, 0.2) is 72.0 Å². The highest BCUT2D eigenvalue weighted by atomic mass is 32.2. The largest absolute Gasteiger partial charge is 0.378 e. The second-order valence-corrected chi connectivity index (χ2v) is 20.7. The number of amides is 7. The first-order valence-corrected chi connectivity index (χ1v) is 27.8. The van der Waals surface area contributed by atoms with Crippen LogP contribution in [-0.4, -0.2) is 201 Å². The molecule has 3 aromatic rings. The second-order valence-electron chi connectivity index (χ2n) is 19.5. The molecule has 21 heteroatoms. The number of anilines is 1. The summed E-state index contributed by atoms with van der Waals surface area (Å²) in [5, 5.41) is 5.17. The zero-order valence-corrected chi connectivity index (χ0v) is 44.1. The molecule has 408 valence electrons. The lowest BCUT2D eigenvalue weighted by Gasteiger charge is -2.43. The van der Waals surface area contributed by atoms with Crippen molar-refractivity contribution < 1.29 is 52.5 Å². The van der Waals surface area contributed by atoms with Crippen LogP contribution in [0.5, 0.6) is 0 Å². The molecule has 76 heavy (non-hydrogen) atoms. The van der Waals surface area contributed by atoms with Crippen molar-refractivity contribution in [3.63, 3.8) is 0 Å². The Morgan fingerprint density at radius 3 is 2.17 bits per heavy atom. The van der Waals surface area contributed by atoms with Crippen molar-refractivity contribution in [2.45, 2.75) is 74.8 Å². The molecule has 0 spiro atoms. The number of nitrogens with zero attached hydrogens (tertiary/aromatic N) is 7. The molecule has 1 unspecified atom stereocenters. The summed E-state index contributed by atoms with van der Waals surface area (Å²) in [6, 6.07) is 12.1. The van der Waals surface area contributed by atoms with Gasteiger partial charge in [0.05, 0.1) is 62.9 Å². The Bertz CT molecular complexity index is 2480. The number of fused-ring (bicyclic) bond motifs is 1. The number of carbonyl (C=O) groups is 7. The van der Waals surface area contributed by atoms with Crippen molar-refractivity contribution in [3.8, 4) is 0 Å². The van der Waals surface area contributed by atoms with Crippen LogP contribution in [0.2, 0.25) is 0 Å². The molecule has 8 rings (SSSR count). The van der Waals surface area contributed by atoms with Gasteiger partial charge in [0, 0.05) is 107 Å². The van der Waals surface area contributed by atoms with Crippen molar-refractivity contribution in [1.29, 1.82) is 0 Å². The lowest BCUT2D eigenvalue weighted by atomic mass is 9.91. The normalized spacial score (nSPS) is 18.9. The minimum Gasteiger partial charge on any atom is -0.378 e. The molecule has 0 bridgehead atoms. The Balaban J connectivity index is 0.600. The lowest BCUT2D eigenvalue weighted by Crippen LogP contribution is -2.55. The van der Waals surface area contributed by atoms with Gasteiger partial charge < -0.3 is 39.0 Å². The number of rotatable bonds is 26. The van der Waals surface area contributed by atoms with E-state index >= 15 is 0 Å². The molecule has 5 aliphatic rings. The fourth-order valence-electron chi connectivity index (χ4n) is 10.3. The first-order chi connectivity index (χ1) is 37.1. The Kier molecular flexibility index (Phi) is 21.3. The molecule has 0 aliphatic carbocycles. The molecule has 1 atom stereocenters. The van der Waals surface area contributed by atoms with E-state index in [-0.39, 0.29) is 48.3 Å². The topological polar surface area (TPSA) is 222 Å². The maximum absolute atomic E-state index is 13.4. The molecular weight excluding hydrogens is 995 g/mol. The van der Waals surface area contributed by atoms with Gasteiger partial charge in [-0.3, -0.25) is 53.7 Å². The maximum atomic E-state index is 13.4. The summed E-state index contributed by atoms with van der Waals surface area (Å²) in [6.45, 7) is 9.49. The molecule has 4 saturated heterocycles. The number of imide groups is 2. The number of benzene rings is 1. The molecule has 7 heterocycles. The number of pyridine rings is 2. The zero-order valence-electron chi connectivity index (χ0n) is 43.3. The van der Waals surface area contributed by atoms with E-state index in [1.165, 1.54) is 11.8 Å². The van der Waals surface area contributed by atoms with E-state index < -0.39 is 29.7 Å². The molecule has 5 aliphatic heterocycles. The van der Waals surface area contributed by atoms with Gasteiger partial charge in [-0.15, -0.1) is 11.8 Å². The summed E-state index contributed by atoms with van der Waals surface area (Å²) in [6.07, 6.45) is 15.7. The van der Waals surface area contributed by atoms with Gasteiger partial charge in [-0.2, -0.15) is 0 Å². The average Bonchev–Trinajstić information content (AvgIpc) is 3.75. The Morgan fingerprint density at radius 2 is 1.47 bits per heavy atom. The summed E-state index contributed by atoms with van der Waals surface area (Å²) < 4.78 is 22.5. The van der Waals surface area contributed by atoms with Gasteiger partial charge in [-0.25, -0.2) is 4.98 Å². The summed E-state index contributed by atoms with van der Waals surface area (Å²) >= 11 is 1.39. The van der Waals surface area contributed by atoms with Crippen molar-refractivity contribution in [3.05, 3.63) is 89.4 Å². The third-order valence-corrected chi connectivity index (χ3v) is 15.6. The molecule has 7 amide bonds. The number of likely N-dealkylation sites (tertiary alicyclic amines) is 1. The van der Waals surface area contributed by atoms with Gasteiger partial charge in [0.15, 0.2) is 0 Å². The van der Waals surface area contributed by atoms with Gasteiger partial charge >= 0.3 is 0 Å². The molecule has 20 nitrogen and oxygen atoms in total. The van der Waals surface area contributed by atoms with Crippen LogP contribution in [0.4, 0.5) is 5.82 Å². The van der Waals surface area contributed by atoms with Crippen LogP contribution in [0.3, 0.4) is 0 Å². The number of carbonyl (C=O) groups excluding carboxylic acids is 7. The smallest absolute Gasteiger partial charge is 0.263 e. The molecule has 4 fully saturated rings. The van der Waals surface area contributed by atoms with Gasteiger partial charge in [0.1, 0.15) is 18.5 Å². The summed E-state index contributed by atoms with van der Waals surface area (Å²) in [4.78, 5) is 108. The number of unbranched alkanes of at least 4 members (excludes halogenated alkanes) is 1. The number of piperidine rings is 3. The van der Waals surface area contributed by atoms with Crippen LogP contribution >= 0.6 is 11.8 Å². The molecule has 2 N–H and O–H groups in total. The third-order valence-electron chi connectivity index (χ3n) is 14.6. The van der Waals surface area contributed by atoms with E-state index in [0.717, 1.165) is 100 Å². The summed E-state index contributed by atoms with van der Waals surface area (Å²) in [5.74, 6) is -0.161. The number of hydrogen-bond acceptors (Lipinski definition) is 16. The van der Waals surface area contributed by atoms with Crippen LogP contribution in [-0.2, 0) is 38.1 Å². The number of ether oxygens (including phenoxy) is 4. The zero-order chi connectivity index (χ0) is 53.1. The van der Waals surface area contributed by atoms with Crippen molar-refractivity contribution in [2.75, 3.05) is 122 Å². The van der Waals surface area contributed by atoms with Gasteiger partial charge in [0.2, 0.25) is 23.6 Å². The highest BCUT2D eigenvalue weighted by molar-refractivity contribution is 7.99. The Labute approximate surface area is 448 Å². The number of aromatic nitrogens is 2. The van der Waals surface area contributed by atoms with E-state index in [1.807, 2.05) is 34.1 Å². The number of nitrogens with one attached hydrogen (secondary N) is 2. The number of hydrogen-bond donors (Lipinski definition) is 2. The molecule has 0 saturated carbocycles. The van der Waals surface area contributed by atoms with Crippen LogP contribution < -0.4 is 15.5 Å². The first kappa shape index (κ1) is 56.1. The fourth-order valence-corrected chi connectivity index (χ4v) is 11.2. The number of thioether (sulfide) groups is 1. The van der Waals surface area contributed by atoms with E-state index in [4.69, 9.17) is 23.9 Å². The predicted octanol–water partition coefficient (Wildman–Crippen LogP) is 3.70. The predicted molar refractivity (Wildman–Crippen MR) is 283 cm³/mol. The SMILES string of the molecule is O=C(/C=C/c1cccnc1)NCCCCC1CCN(C(=O)c2ccc(N3CCC(N4CCN(C(=O)COCCOCCOCCOCCSc5cccc6c5C(=O)N(C5CCC(=O)NC5=O)C6=O)CC4)CC3)nc2)CC1. The monoisotopic (exact) mass is 1070 g/mol. The van der Waals surface area contributed by atoms with E-state index in [9.17, 15) is 33.6 Å². The van der Waals surface area contributed by atoms with Crippen molar-refractivity contribution in [2.24, 2.45) is 5.92 Å². The summed E-state index contributed by atoms with van der Waals surface area (Å²) in [5.41, 5.74) is 2.05. The van der Waals surface area contributed by atoms with Crippen molar-refractivity contribution in [1.82, 2.24) is 40.2 Å². The average molecular weight is 1070 g/mol. The van der Waals surface area contributed by atoms with Gasteiger partial charge in [-0.1, -0.05) is 25.0 Å². The minimum atomic E-state index is -1.01. The highest BCUT2D eigenvalue weighted by Crippen LogP contribution is 2.34. The van der Waals surface area contributed by atoms with Crippen LogP contribution in [0.1, 0.15) is 94.4 Å². The van der Waals surface area contributed by atoms with Gasteiger partial charge in [-0.05, 0) is 86.4 Å². The molecular formula is C55H71N9O11S. The molecule has 2 aromatic heterocycles. The van der Waals surface area contributed by atoms with Crippen LogP contribution in [0.25, 0.3) is 6.08 Å². The number of piperazine rings is 1. The van der Waals surface area contributed by atoms with E-state index in [2.05, 4.69) is 25.4 Å². The Morgan fingerprint density at radius 1 is 0.737 bits per heavy atom. The lowest BCUT2D eigenvalue weighted by molar-refractivity contribution is -0.139. The first-order valence-electron chi connectivity index (χ1n) is 26.8. The van der Waals surface area contributed by atoms with Crippen LogP contribution in [0, 0.1) is 5.92 Å². The fraction of sp³-hybridized carbons (Fsp3) is 0.545. The third kappa shape index (κ3) is 15.8. The summed E-state index contributed by atoms with van der Waals surface area (Å²) in [7, 11) is 0. The standard InChI is InChI=1S/C55H71N9O11S/c65-48(13-9-41-6-4-19-56-37-41)57-20-2-1-5-40-15-21-63(22-16-40)53(69)42-10-12-47(58-38-42)61-23-17-43(18-24-61)60-25-27-62(28-26-60)50(67)39-75-34-33-73-30-29-72-31-32-74-35-36-76-46-8-3-7-44-51(46)55(71)64(54(44)70)45-11-14-49(66)59-52(45)68/h3-4,6-10,12-13,19,37-38,40,43,45H,1-2,5,11,14-18,20-36,39H2,(H,57,65)(H,59,66,68)/b13-9+. The van der Waals surface area contributed by atoms with Crippen molar-refractivity contribution >= 4 is 65.0 Å². The molecule has 0 radical (unpaired) electrons.